The molecule has 0 spiro atoms. The molecule has 0 fully saturated rings. The van der Waals surface area contributed by atoms with Crippen molar-refractivity contribution in [2.75, 3.05) is 14.2 Å². The van der Waals surface area contributed by atoms with Gasteiger partial charge in [-0.2, -0.15) is 0 Å². The molecule has 1 atom stereocenters. The van der Waals surface area contributed by atoms with Gasteiger partial charge >= 0.3 is 0 Å². The zero-order valence-electron chi connectivity index (χ0n) is 11.7. The maximum Gasteiger partial charge on any atom is 0.128 e. The zero-order chi connectivity index (χ0) is 14.7. The molecule has 2 aromatic rings. The molecule has 1 N–H and O–H groups in total. The number of methoxy groups -OCH3 is 1. The van der Waals surface area contributed by atoms with Crippen LogP contribution >= 0.6 is 0 Å². The normalized spacial score (nSPS) is 12.2. The fourth-order valence-electron chi connectivity index (χ4n) is 2.32. The average Bonchev–Trinajstić information content (AvgIpc) is 2.44. The summed E-state index contributed by atoms with van der Waals surface area (Å²) in [6.45, 7) is 1.91. The predicted octanol–water partition coefficient (Wildman–Crippen LogP) is 3.59. The summed E-state index contributed by atoms with van der Waals surface area (Å²) in [5, 5.41) is 3.02. The summed E-state index contributed by atoms with van der Waals surface area (Å²) in [6, 6.07) is 8.65. The summed E-state index contributed by atoms with van der Waals surface area (Å²) in [7, 11) is 3.32. The van der Waals surface area contributed by atoms with Gasteiger partial charge in [-0.05, 0) is 49.4 Å². The molecule has 0 saturated heterocycles. The number of benzene rings is 2. The summed E-state index contributed by atoms with van der Waals surface area (Å²) in [4.78, 5) is 0. The van der Waals surface area contributed by atoms with E-state index >= 15 is 0 Å². The molecule has 0 aromatic heterocycles. The second-order valence-corrected chi connectivity index (χ2v) is 4.62. The maximum atomic E-state index is 13.9. The Kier molecular flexibility index (Phi) is 4.35. The van der Waals surface area contributed by atoms with Crippen LogP contribution in [0, 0.1) is 18.6 Å². The van der Waals surface area contributed by atoms with Gasteiger partial charge in [-0.1, -0.05) is 12.1 Å². The van der Waals surface area contributed by atoms with Gasteiger partial charge in [-0.25, -0.2) is 8.78 Å². The van der Waals surface area contributed by atoms with Crippen molar-refractivity contribution in [3.63, 3.8) is 0 Å². The molecule has 2 nitrogen and oxygen atoms in total. The Bertz CT molecular complexity index is 613. The summed E-state index contributed by atoms with van der Waals surface area (Å²) < 4.78 is 32.5. The summed E-state index contributed by atoms with van der Waals surface area (Å²) >= 11 is 0. The van der Waals surface area contributed by atoms with Crippen LogP contribution in [0.3, 0.4) is 0 Å². The Morgan fingerprint density at radius 3 is 2.45 bits per heavy atom. The highest BCUT2D eigenvalue weighted by Crippen LogP contribution is 2.28. The topological polar surface area (TPSA) is 21.3 Å². The smallest absolute Gasteiger partial charge is 0.128 e. The van der Waals surface area contributed by atoms with Crippen molar-refractivity contribution in [2.24, 2.45) is 0 Å². The lowest BCUT2D eigenvalue weighted by atomic mass is 9.96. The number of rotatable bonds is 4. The van der Waals surface area contributed by atoms with Crippen LogP contribution in [0.4, 0.5) is 8.78 Å². The molecule has 2 aromatic carbocycles. The zero-order valence-corrected chi connectivity index (χ0v) is 11.7. The summed E-state index contributed by atoms with van der Waals surface area (Å²) in [6.07, 6.45) is 0. The second kappa shape index (κ2) is 6.01. The van der Waals surface area contributed by atoms with Gasteiger partial charge in [-0.3, -0.25) is 0 Å². The average molecular weight is 277 g/mol. The molecule has 0 bridgehead atoms. The molecular weight excluding hydrogens is 260 g/mol. The van der Waals surface area contributed by atoms with Gasteiger partial charge in [0.1, 0.15) is 17.4 Å². The van der Waals surface area contributed by atoms with E-state index in [0.29, 0.717) is 0 Å². The third-order valence-corrected chi connectivity index (χ3v) is 3.31. The highest BCUT2D eigenvalue weighted by atomic mass is 19.1. The van der Waals surface area contributed by atoms with Gasteiger partial charge in [0.15, 0.2) is 0 Å². The Morgan fingerprint density at radius 2 is 1.85 bits per heavy atom. The number of ether oxygens (including phenoxy) is 1. The monoisotopic (exact) mass is 277 g/mol. The SMILES string of the molecule is CNC(c1ccc(OC)c(C)c1)c1cc(F)ccc1F. The van der Waals surface area contributed by atoms with E-state index in [-0.39, 0.29) is 5.56 Å². The van der Waals surface area contributed by atoms with E-state index in [1.165, 1.54) is 6.07 Å². The van der Waals surface area contributed by atoms with Crippen molar-refractivity contribution in [3.05, 3.63) is 64.7 Å². The fourth-order valence-corrected chi connectivity index (χ4v) is 2.32. The van der Waals surface area contributed by atoms with Crippen LogP contribution in [0.5, 0.6) is 5.75 Å². The van der Waals surface area contributed by atoms with Gasteiger partial charge in [0.05, 0.1) is 13.2 Å². The van der Waals surface area contributed by atoms with E-state index in [0.717, 1.165) is 29.0 Å². The first-order valence-electron chi connectivity index (χ1n) is 6.33. The first-order chi connectivity index (χ1) is 9.56. The number of hydrogen-bond donors (Lipinski definition) is 1. The van der Waals surface area contributed by atoms with Crippen LogP contribution in [-0.2, 0) is 0 Å². The van der Waals surface area contributed by atoms with Gasteiger partial charge in [0.2, 0.25) is 0 Å². The first-order valence-corrected chi connectivity index (χ1v) is 6.33. The number of halogens is 2. The number of hydrogen-bond acceptors (Lipinski definition) is 2. The Balaban J connectivity index is 2.46. The fraction of sp³-hybridized carbons (Fsp3) is 0.250. The third kappa shape index (κ3) is 2.80. The van der Waals surface area contributed by atoms with Crippen LogP contribution in [0.2, 0.25) is 0 Å². The molecule has 2 rings (SSSR count). The van der Waals surface area contributed by atoms with E-state index in [2.05, 4.69) is 5.32 Å². The molecule has 0 aliphatic rings. The predicted molar refractivity (Wildman–Crippen MR) is 75.0 cm³/mol. The van der Waals surface area contributed by atoms with Gasteiger partial charge in [-0.15, -0.1) is 0 Å². The molecule has 0 aliphatic carbocycles. The van der Waals surface area contributed by atoms with Crippen molar-refractivity contribution >= 4 is 0 Å². The lowest BCUT2D eigenvalue weighted by molar-refractivity contribution is 0.411. The van der Waals surface area contributed by atoms with E-state index in [4.69, 9.17) is 4.74 Å². The summed E-state index contributed by atoms with van der Waals surface area (Å²) in [5.41, 5.74) is 2.09. The first kappa shape index (κ1) is 14.5. The number of nitrogens with one attached hydrogen (secondary N) is 1. The molecule has 0 heterocycles. The van der Waals surface area contributed by atoms with E-state index < -0.39 is 17.7 Å². The van der Waals surface area contributed by atoms with E-state index in [1.54, 1.807) is 14.2 Å². The lowest BCUT2D eigenvalue weighted by Crippen LogP contribution is -2.19. The second-order valence-electron chi connectivity index (χ2n) is 4.62. The van der Waals surface area contributed by atoms with Crippen LogP contribution in [-0.4, -0.2) is 14.2 Å². The van der Waals surface area contributed by atoms with Gasteiger partial charge in [0, 0.05) is 5.56 Å². The van der Waals surface area contributed by atoms with E-state index in [1.807, 2.05) is 25.1 Å². The Hall–Kier alpha value is -1.94. The van der Waals surface area contributed by atoms with E-state index in [9.17, 15) is 8.78 Å². The van der Waals surface area contributed by atoms with Crippen LogP contribution in [0.25, 0.3) is 0 Å². The van der Waals surface area contributed by atoms with Crippen molar-refractivity contribution < 1.29 is 13.5 Å². The molecule has 4 heteroatoms. The molecule has 1 unspecified atom stereocenters. The highest BCUT2D eigenvalue weighted by Gasteiger charge is 2.17. The van der Waals surface area contributed by atoms with Crippen LogP contribution in [0.15, 0.2) is 36.4 Å². The van der Waals surface area contributed by atoms with Gasteiger partial charge < -0.3 is 10.1 Å². The van der Waals surface area contributed by atoms with Crippen molar-refractivity contribution in [3.8, 4) is 5.75 Å². The Labute approximate surface area is 117 Å². The third-order valence-electron chi connectivity index (χ3n) is 3.31. The minimum Gasteiger partial charge on any atom is -0.496 e. The molecule has 20 heavy (non-hydrogen) atoms. The van der Waals surface area contributed by atoms with Crippen LogP contribution < -0.4 is 10.1 Å². The lowest BCUT2D eigenvalue weighted by Gasteiger charge is -2.19. The minimum atomic E-state index is -0.452. The molecule has 0 aliphatic heterocycles. The quantitative estimate of drug-likeness (QED) is 0.922. The van der Waals surface area contributed by atoms with Crippen molar-refractivity contribution in [1.29, 1.82) is 0 Å². The van der Waals surface area contributed by atoms with Gasteiger partial charge in [0.25, 0.3) is 0 Å². The van der Waals surface area contributed by atoms with Crippen molar-refractivity contribution in [1.82, 2.24) is 5.32 Å². The molecular formula is C16H17F2NO. The van der Waals surface area contributed by atoms with Crippen molar-refractivity contribution in [2.45, 2.75) is 13.0 Å². The molecule has 0 saturated carbocycles. The molecule has 0 radical (unpaired) electrons. The largest absolute Gasteiger partial charge is 0.496 e. The minimum absolute atomic E-state index is 0.289. The molecule has 106 valence electrons. The Morgan fingerprint density at radius 1 is 1.10 bits per heavy atom. The number of aryl methyl sites for hydroxylation is 1. The molecule has 0 amide bonds. The highest BCUT2D eigenvalue weighted by molar-refractivity contribution is 5.41. The van der Waals surface area contributed by atoms with Crippen LogP contribution in [0.1, 0.15) is 22.7 Å². The summed E-state index contributed by atoms with van der Waals surface area (Å²) in [5.74, 6) is -0.116. The standard InChI is InChI=1S/C16H17F2NO/c1-10-8-11(4-7-15(10)20-3)16(19-2)13-9-12(17)5-6-14(13)18/h4-9,16,19H,1-3H3. The maximum absolute atomic E-state index is 13.9.